The summed E-state index contributed by atoms with van der Waals surface area (Å²) in [5, 5.41) is 34.8. The molecule has 0 radical (unpaired) electrons. The van der Waals surface area contributed by atoms with Crippen LogP contribution in [0, 0.1) is 21.6 Å². The van der Waals surface area contributed by atoms with Gasteiger partial charge in [-0.05, 0) is 69.1 Å². The van der Waals surface area contributed by atoms with Crippen LogP contribution >= 0.6 is 0 Å². The highest BCUT2D eigenvalue weighted by atomic mass is 14.5. The van der Waals surface area contributed by atoms with Crippen LogP contribution in [0.2, 0.25) is 0 Å². The van der Waals surface area contributed by atoms with E-state index in [-0.39, 0.29) is 11.4 Å². The van der Waals surface area contributed by atoms with Gasteiger partial charge in [0.05, 0.1) is 22.8 Å². The molecule has 7 rings (SSSR count). The quantitative estimate of drug-likeness (QED) is 0.0935. The number of benzene rings is 5. The van der Waals surface area contributed by atoms with Gasteiger partial charge in [-0.15, -0.1) is 0 Å². The molecule has 0 saturated heterocycles. The Hall–Kier alpha value is -5.62. The molecular weight excluding hydrogens is 492 g/mol. The summed E-state index contributed by atoms with van der Waals surface area (Å²) in [7, 11) is 0. The van der Waals surface area contributed by atoms with Crippen LogP contribution in [0.25, 0.3) is 33.7 Å². The lowest BCUT2D eigenvalue weighted by Gasteiger charge is -2.10. The number of allylic oxidation sites excluding steroid dienone is 2. The van der Waals surface area contributed by atoms with E-state index in [1.54, 1.807) is 12.2 Å². The first-order valence-electron chi connectivity index (χ1n) is 12.7. The van der Waals surface area contributed by atoms with Crippen molar-refractivity contribution in [3.63, 3.8) is 0 Å². The SMILES string of the molecule is N=C1C=Cc2ccccc2C1=N.N=C1C=Cc2ccccc2C1=N.Nc1ccc2c(ccc3cc(N)ccc32)c1. The molecule has 5 aromatic carbocycles. The summed E-state index contributed by atoms with van der Waals surface area (Å²) in [6, 6.07) is 31.4. The van der Waals surface area contributed by atoms with Crippen molar-refractivity contribution in [3.05, 3.63) is 131 Å². The number of nitrogen functional groups attached to an aromatic ring is 2. The Morgan fingerprint density at radius 2 is 0.825 bits per heavy atom. The molecule has 0 aromatic heterocycles. The van der Waals surface area contributed by atoms with Crippen LogP contribution in [0.3, 0.4) is 0 Å². The number of hydrogen-bond acceptors (Lipinski definition) is 6. The lowest BCUT2D eigenvalue weighted by molar-refractivity contribution is 1.45. The highest BCUT2D eigenvalue weighted by molar-refractivity contribution is 6.52. The van der Waals surface area contributed by atoms with Gasteiger partial charge in [-0.1, -0.05) is 84.9 Å². The topological polar surface area (TPSA) is 147 Å². The average molecular weight is 521 g/mol. The minimum absolute atomic E-state index is 0.286. The molecule has 0 fully saturated rings. The number of nitrogens with one attached hydrogen (secondary N) is 4. The first-order valence-corrected chi connectivity index (χ1v) is 12.7. The molecule has 0 unspecified atom stereocenters. The van der Waals surface area contributed by atoms with E-state index < -0.39 is 0 Å². The Morgan fingerprint density at radius 3 is 1.25 bits per heavy atom. The van der Waals surface area contributed by atoms with E-state index in [9.17, 15) is 0 Å². The highest BCUT2D eigenvalue weighted by Crippen LogP contribution is 2.28. The smallest absolute Gasteiger partial charge is 0.0867 e. The fraction of sp³-hybridized carbons (Fsp3) is 0. The maximum Gasteiger partial charge on any atom is 0.0867 e. The molecule has 0 spiro atoms. The molecule has 6 heteroatoms. The fourth-order valence-electron chi connectivity index (χ4n) is 4.65. The molecule has 8 N–H and O–H groups in total. The first-order chi connectivity index (χ1) is 19.3. The summed E-state index contributed by atoms with van der Waals surface area (Å²) in [6.45, 7) is 0. The summed E-state index contributed by atoms with van der Waals surface area (Å²) in [4.78, 5) is 0. The largest absolute Gasteiger partial charge is 0.399 e. The van der Waals surface area contributed by atoms with Crippen molar-refractivity contribution in [1.29, 1.82) is 21.6 Å². The number of hydrogen-bond donors (Lipinski definition) is 6. The Balaban J connectivity index is 0.000000123. The van der Waals surface area contributed by atoms with Gasteiger partial charge in [0.15, 0.2) is 0 Å². The van der Waals surface area contributed by atoms with E-state index in [4.69, 9.17) is 33.1 Å². The summed E-state index contributed by atoms with van der Waals surface area (Å²) in [5.74, 6) is 0. The molecule has 0 atom stereocenters. The Labute approximate surface area is 232 Å². The zero-order chi connectivity index (χ0) is 28.2. The van der Waals surface area contributed by atoms with Gasteiger partial charge in [0.25, 0.3) is 0 Å². The Bertz CT molecular complexity index is 1760. The third-order valence-electron chi connectivity index (χ3n) is 6.74. The maximum atomic E-state index is 7.60. The van der Waals surface area contributed by atoms with Crippen LogP contribution in [0.15, 0.2) is 109 Å². The van der Waals surface area contributed by atoms with Crippen molar-refractivity contribution in [2.75, 3.05) is 11.5 Å². The van der Waals surface area contributed by atoms with Crippen LogP contribution in [0.5, 0.6) is 0 Å². The van der Waals surface area contributed by atoms with Gasteiger partial charge in [-0.2, -0.15) is 0 Å². The van der Waals surface area contributed by atoms with Crippen LogP contribution in [-0.2, 0) is 0 Å². The third-order valence-corrected chi connectivity index (χ3v) is 6.74. The monoisotopic (exact) mass is 520 g/mol. The third kappa shape index (κ3) is 5.33. The predicted molar refractivity (Wildman–Crippen MR) is 170 cm³/mol. The van der Waals surface area contributed by atoms with E-state index in [1.165, 1.54) is 10.8 Å². The minimum Gasteiger partial charge on any atom is -0.399 e. The predicted octanol–water partition coefficient (Wildman–Crippen LogP) is 7.36. The number of fused-ring (bicyclic) bond motifs is 5. The molecule has 40 heavy (non-hydrogen) atoms. The molecular formula is C34H28N6. The van der Waals surface area contributed by atoms with Crippen molar-refractivity contribution in [2.24, 2.45) is 0 Å². The summed E-state index contributed by atoms with van der Waals surface area (Å²) >= 11 is 0. The van der Waals surface area contributed by atoms with Gasteiger partial charge in [0.2, 0.25) is 0 Å². The number of anilines is 2. The summed E-state index contributed by atoms with van der Waals surface area (Å²) < 4.78 is 0. The van der Waals surface area contributed by atoms with E-state index in [0.717, 1.165) is 44.4 Å². The highest BCUT2D eigenvalue weighted by Gasteiger charge is 2.13. The molecule has 0 amide bonds. The molecule has 2 aliphatic carbocycles. The van der Waals surface area contributed by atoms with Crippen LogP contribution in [-0.4, -0.2) is 22.8 Å². The summed E-state index contributed by atoms with van der Waals surface area (Å²) in [5.41, 5.74) is 18.1. The van der Waals surface area contributed by atoms with Crippen molar-refractivity contribution in [2.45, 2.75) is 0 Å². The van der Waals surface area contributed by atoms with Crippen LogP contribution in [0.4, 0.5) is 11.4 Å². The summed E-state index contributed by atoms with van der Waals surface area (Å²) in [6.07, 6.45) is 7.06. The maximum absolute atomic E-state index is 7.60. The van der Waals surface area contributed by atoms with Gasteiger partial charge in [-0.3, -0.25) is 21.6 Å². The standard InChI is InChI=1S/C14H12N2.2C10H8N2/c15-11-3-5-13-9(7-11)1-2-10-8-12(16)4-6-14(10)13;2*11-9-6-5-7-3-1-2-4-8(7)10(9)12/h1-8H,15-16H2;2*1-6,11-12H. The zero-order valence-electron chi connectivity index (χ0n) is 21.7. The van der Waals surface area contributed by atoms with Gasteiger partial charge in [0, 0.05) is 22.5 Å². The van der Waals surface area contributed by atoms with Crippen molar-refractivity contribution in [1.82, 2.24) is 0 Å². The van der Waals surface area contributed by atoms with Crippen LogP contribution in [0.1, 0.15) is 22.3 Å². The van der Waals surface area contributed by atoms with Crippen molar-refractivity contribution >= 4 is 67.9 Å². The van der Waals surface area contributed by atoms with Crippen LogP contribution < -0.4 is 11.5 Å². The van der Waals surface area contributed by atoms with Crippen molar-refractivity contribution in [3.8, 4) is 0 Å². The lowest BCUT2D eigenvalue weighted by Crippen LogP contribution is -2.15. The van der Waals surface area contributed by atoms with Gasteiger partial charge < -0.3 is 11.5 Å². The molecule has 0 heterocycles. The normalized spacial score (nSPS) is 13.2. The Morgan fingerprint density at radius 1 is 0.425 bits per heavy atom. The minimum atomic E-state index is 0.286. The molecule has 6 nitrogen and oxygen atoms in total. The zero-order valence-corrected chi connectivity index (χ0v) is 21.7. The van der Waals surface area contributed by atoms with Gasteiger partial charge >= 0.3 is 0 Å². The van der Waals surface area contributed by atoms with E-state index in [1.807, 2.05) is 84.9 Å². The fourth-order valence-corrected chi connectivity index (χ4v) is 4.65. The number of rotatable bonds is 0. The molecule has 0 aliphatic heterocycles. The van der Waals surface area contributed by atoms with Gasteiger partial charge in [-0.25, -0.2) is 0 Å². The molecule has 5 aromatic rings. The molecule has 0 bridgehead atoms. The Kier molecular flexibility index (Phi) is 7.16. The van der Waals surface area contributed by atoms with E-state index >= 15 is 0 Å². The average Bonchev–Trinajstić information content (AvgIpc) is 2.97. The van der Waals surface area contributed by atoms with Crippen molar-refractivity contribution < 1.29 is 0 Å². The molecule has 194 valence electrons. The van der Waals surface area contributed by atoms with E-state index in [2.05, 4.69) is 24.3 Å². The second-order valence-corrected chi connectivity index (χ2v) is 9.45. The second kappa shape index (κ2) is 11.0. The molecule has 0 saturated carbocycles. The first kappa shape index (κ1) is 26.0. The van der Waals surface area contributed by atoms with Gasteiger partial charge in [0.1, 0.15) is 0 Å². The second-order valence-electron chi connectivity index (χ2n) is 9.45. The number of nitrogens with two attached hydrogens (primary N) is 2. The van der Waals surface area contributed by atoms with E-state index in [0.29, 0.717) is 11.4 Å². The molecule has 2 aliphatic rings. The lowest BCUT2D eigenvalue weighted by atomic mass is 9.94.